The molecule has 0 bridgehead atoms. The van der Waals surface area contributed by atoms with Crippen LogP contribution in [0.25, 0.3) is 0 Å². The molecule has 70 valence electrons. The van der Waals surface area contributed by atoms with Crippen LogP contribution in [-0.2, 0) is 10.1 Å². The van der Waals surface area contributed by atoms with Gasteiger partial charge in [-0.05, 0) is 12.8 Å². The molecule has 0 aromatic carbocycles. The van der Waals surface area contributed by atoms with Gasteiger partial charge in [-0.15, -0.1) is 12.3 Å². The van der Waals surface area contributed by atoms with Gasteiger partial charge < -0.3 is 0 Å². The molecule has 0 aromatic heterocycles. The fourth-order valence-corrected chi connectivity index (χ4v) is 1.56. The van der Waals surface area contributed by atoms with Crippen molar-refractivity contribution in [1.29, 1.82) is 0 Å². The van der Waals surface area contributed by atoms with E-state index < -0.39 is 22.0 Å². The lowest BCUT2D eigenvalue weighted by Crippen LogP contribution is -2.20. The lowest BCUT2D eigenvalue weighted by Gasteiger charge is -2.08. The molecule has 3 nitrogen and oxygen atoms in total. The summed E-state index contributed by atoms with van der Waals surface area (Å²) in [5.41, 5.74) is 0. The molecule has 0 spiro atoms. The second kappa shape index (κ2) is 5.12. The van der Waals surface area contributed by atoms with Gasteiger partial charge >= 0.3 is 0 Å². The van der Waals surface area contributed by atoms with Gasteiger partial charge in [0.25, 0.3) is 10.1 Å². The second-order valence-corrected chi connectivity index (χ2v) is 4.07. The molecule has 0 saturated carbocycles. The zero-order valence-corrected chi connectivity index (χ0v) is 7.35. The molecule has 0 aliphatic carbocycles. The van der Waals surface area contributed by atoms with Crippen LogP contribution in [0.1, 0.15) is 19.3 Å². The normalized spacial score (nSPS) is 13.8. The molecule has 0 aliphatic rings. The van der Waals surface area contributed by atoms with Gasteiger partial charge in [0.05, 0.1) is 11.9 Å². The van der Waals surface area contributed by atoms with Crippen LogP contribution in [0, 0.1) is 12.3 Å². The van der Waals surface area contributed by atoms with Gasteiger partial charge in [0.2, 0.25) is 0 Å². The number of terminal acetylenes is 1. The first-order valence-corrected chi connectivity index (χ1v) is 4.98. The number of alkyl halides is 1. The monoisotopic (exact) mass is 193 g/mol. The first-order chi connectivity index (χ1) is 5.52. The predicted molar refractivity (Wildman–Crippen MR) is 44.0 cm³/mol. The largest absolute Gasteiger partial charge is 0.285 e. The molecule has 1 unspecified atom stereocenters. The van der Waals surface area contributed by atoms with E-state index in [9.17, 15) is 12.8 Å². The Labute approximate surface area is 71.7 Å². The van der Waals surface area contributed by atoms with E-state index in [1.807, 2.05) is 0 Å². The van der Waals surface area contributed by atoms with Gasteiger partial charge in [-0.3, -0.25) is 8.94 Å². The summed E-state index contributed by atoms with van der Waals surface area (Å²) < 4.78 is 41.4. The topological polar surface area (TPSA) is 54.4 Å². The van der Waals surface area contributed by atoms with Crippen LogP contribution in [0.15, 0.2) is 0 Å². The van der Waals surface area contributed by atoms with Gasteiger partial charge in [0.1, 0.15) is 0 Å². The van der Waals surface area contributed by atoms with E-state index in [1.165, 1.54) is 0 Å². The Kier molecular flexibility index (Phi) is 4.86. The average Bonchev–Trinajstić information content (AvgIpc) is 1.95. The molecule has 0 radical (unpaired) electrons. The molecule has 0 fully saturated rings. The van der Waals surface area contributed by atoms with Crippen LogP contribution >= 0.6 is 0 Å². The highest BCUT2D eigenvalue weighted by Gasteiger charge is 2.20. The summed E-state index contributed by atoms with van der Waals surface area (Å²) >= 11 is 0. The van der Waals surface area contributed by atoms with Crippen molar-refractivity contribution in [2.75, 3.05) is 6.67 Å². The summed E-state index contributed by atoms with van der Waals surface area (Å²) in [6.45, 7) is -0.601. The summed E-state index contributed by atoms with van der Waals surface area (Å²) in [7, 11) is -4.11. The number of hydrogen-bond donors (Lipinski definition) is 1. The van der Waals surface area contributed by atoms with Crippen LogP contribution in [-0.4, -0.2) is 24.9 Å². The first kappa shape index (κ1) is 11.4. The smallest absolute Gasteiger partial charge is 0.268 e. The molecule has 0 rings (SSSR count). The molecule has 0 aromatic rings. The van der Waals surface area contributed by atoms with Crippen LogP contribution in [0.2, 0.25) is 0 Å². The predicted octanol–water partition coefficient (Wildman–Crippen LogP) is 1.02. The Balaban J connectivity index is 4.17. The van der Waals surface area contributed by atoms with Crippen LogP contribution in [0.4, 0.5) is 4.39 Å². The molecule has 1 atom stereocenters. The maximum Gasteiger partial charge on any atom is 0.268 e. The maximum atomic E-state index is 11.7. The Hall–Kier alpha value is -0.600. The third kappa shape index (κ3) is 4.31. The van der Waals surface area contributed by atoms with Gasteiger partial charge in [0, 0.05) is 6.42 Å². The lowest BCUT2D eigenvalue weighted by atomic mass is 10.2. The molecule has 12 heavy (non-hydrogen) atoms. The summed E-state index contributed by atoms with van der Waals surface area (Å²) in [5.74, 6) is 2.12. The first-order valence-electron chi connectivity index (χ1n) is 3.48. The molecule has 5 heteroatoms. The van der Waals surface area contributed by atoms with Crippen molar-refractivity contribution in [2.45, 2.75) is 24.5 Å². The second-order valence-electron chi connectivity index (χ2n) is 2.38. The van der Waals surface area contributed by atoms with Crippen molar-refractivity contribution in [1.82, 2.24) is 0 Å². The zero-order valence-electron chi connectivity index (χ0n) is 6.53. The SMILES string of the molecule is C#CCC(CCC[18F])S(=O)(=O)O. The van der Waals surface area contributed by atoms with E-state index in [4.69, 9.17) is 11.0 Å². The number of hydrogen-bond acceptors (Lipinski definition) is 2. The third-order valence-electron chi connectivity index (χ3n) is 1.43. The van der Waals surface area contributed by atoms with E-state index in [2.05, 4.69) is 5.92 Å². The minimum Gasteiger partial charge on any atom is -0.285 e. The van der Waals surface area contributed by atoms with Crippen molar-refractivity contribution < 1.29 is 17.4 Å². The average molecular weight is 193 g/mol. The minimum atomic E-state index is -4.11. The highest BCUT2D eigenvalue weighted by atomic mass is 32.2. The fraction of sp³-hybridized carbons (Fsp3) is 0.714. The van der Waals surface area contributed by atoms with Crippen molar-refractivity contribution in [3.8, 4) is 12.3 Å². The van der Waals surface area contributed by atoms with Crippen molar-refractivity contribution in [3.05, 3.63) is 0 Å². The van der Waals surface area contributed by atoms with Gasteiger partial charge in [0.15, 0.2) is 0 Å². The van der Waals surface area contributed by atoms with E-state index in [0.29, 0.717) is 0 Å². The van der Waals surface area contributed by atoms with Gasteiger partial charge in [-0.25, -0.2) is 0 Å². The minimum absolute atomic E-state index is 0.0690. The van der Waals surface area contributed by atoms with Gasteiger partial charge in [-0.1, -0.05) is 0 Å². The highest BCUT2D eigenvalue weighted by molar-refractivity contribution is 7.86. The summed E-state index contributed by atoms with van der Waals surface area (Å²) in [4.78, 5) is 0. The van der Waals surface area contributed by atoms with E-state index in [1.54, 1.807) is 0 Å². The molecule has 0 saturated heterocycles. The number of rotatable bonds is 5. The fourth-order valence-electron chi connectivity index (χ4n) is 0.793. The summed E-state index contributed by atoms with van der Waals surface area (Å²) in [5, 5.41) is -1.02. The maximum absolute atomic E-state index is 11.7. The van der Waals surface area contributed by atoms with Crippen LogP contribution < -0.4 is 0 Å². The van der Waals surface area contributed by atoms with Gasteiger partial charge in [-0.2, -0.15) is 8.42 Å². The van der Waals surface area contributed by atoms with E-state index in [-0.39, 0.29) is 19.3 Å². The number of halogens is 1. The molecule has 0 aliphatic heterocycles. The molecule has 0 amide bonds. The molecule has 0 heterocycles. The van der Waals surface area contributed by atoms with Crippen LogP contribution in [0.5, 0.6) is 0 Å². The quantitative estimate of drug-likeness (QED) is 0.524. The Morgan fingerprint density at radius 2 is 2.17 bits per heavy atom. The zero-order chi connectivity index (χ0) is 9.61. The summed E-state index contributed by atoms with van der Waals surface area (Å²) in [6.07, 6.45) is 4.98. The van der Waals surface area contributed by atoms with Crippen molar-refractivity contribution in [3.63, 3.8) is 0 Å². The molecule has 1 N–H and O–H groups in total. The Bertz CT molecular complexity index is 252. The van der Waals surface area contributed by atoms with Crippen molar-refractivity contribution in [2.24, 2.45) is 0 Å². The van der Waals surface area contributed by atoms with E-state index >= 15 is 0 Å². The highest BCUT2D eigenvalue weighted by Crippen LogP contribution is 2.10. The Morgan fingerprint density at radius 3 is 2.50 bits per heavy atom. The van der Waals surface area contributed by atoms with E-state index in [0.717, 1.165) is 0 Å². The van der Waals surface area contributed by atoms with Crippen LogP contribution in [0.3, 0.4) is 0 Å². The van der Waals surface area contributed by atoms with Crippen molar-refractivity contribution >= 4 is 10.1 Å². The lowest BCUT2D eigenvalue weighted by molar-refractivity contribution is 0.434. The third-order valence-corrected chi connectivity index (χ3v) is 2.67. The summed E-state index contributed by atoms with van der Waals surface area (Å²) in [6, 6.07) is 0. The molecular formula is C7H11FO3S. The molecular weight excluding hydrogens is 182 g/mol. The Morgan fingerprint density at radius 1 is 1.58 bits per heavy atom. The standard InChI is InChI=1S/C7H11FO3S/c1-2-4-7(5-3-6-8)12(9,10)11/h1,7H,3-6H2,(H,9,10,11)/i8-1.